The van der Waals surface area contributed by atoms with E-state index < -0.39 is 16.0 Å². The Hall–Kier alpha value is -3.43. The van der Waals surface area contributed by atoms with Crippen molar-refractivity contribution in [1.82, 2.24) is 9.78 Å². The van der Waals surface area contributed by atoms with Gasteiger partial charge in [-0.2, -0.15) is 5.10 Å². The first-order valence-electron chi connectivity index (χ1n) is 8.88. The lowest BCUT2D eigenvalue weighted by atomic mass is 10.2. The highest BCUT2D eigenvalue weighted by molar-refractivity contribution is 7.92. The van der Waals surface area contributed by atoms with Gasteiger partial charge in [0, 0.05) is 5.69 Å². The van der Waals surface area contributed by atoms with Gasteiger partial charge in [-0.3, -0.25) is 4.72 Å². The normalized spacial score (nSPS) is 11.2. The summed E-state index contributed by atoms with van der Waals surface area (Å²) < 4.78 is 35.1. The molecule has 0 radical (unpaired) electrons. The summed E-state index contributed by atoms with van der Waals surface area (Å²) in [5.41, 5.74) is 1.77. The topological polar surface area (TPSA) is 90.3 Å². The zero-order valence-corrected chi connectivity index (χ0v) is 17.5. The third-order valence-electron chi connectivity index (χ3n) is 4.30. The molecule has 4 aromatic rings. The first-order valence-corrected chi connectivity index (χ1v) is 11.2. The largest absolute Gasteiger partial charge is 0.465 e. The summed E-state index contributed by atoms with van der Waals surface area (Å²) in [5.74, 6) is -0.492. The minimum Gasteiger partial charge on any atom is -0.465 e. The quantitative estimate of drug-likeness (QED) is 0.455. The number of aromatic nitrogens is 2. The standard InChI is InChI=1S/C21H17N3O4S2/c1-28-21(25)15-9-11-16(12-10-15)23-30(26,27)19-14-24(17-6-3-2-4-7-17)22-20(19)18-8-5-13-29-18/h2-14,23H,1H3. The maximum atomic E-state index is 13.2. The zero-order chi connectivity index (χ0) is 21.1. The number of sulfonamides is 1. The van der Waals surface area contributed by atoms with Crippen LogP contribution < -0.4 is 4.72 Å². The second-order valence-corrected chi connectivity index (χ2v) is 8.87. The molecule has 7 nitrogen and oxygen atoms in total. The molecular formula is C21H17N3O4S2. The van der Waals surface area contributed by atoms with Gasteiger partial charge in [0.15, 0.2) is 0 Å². The molecule has 4 rings (SSSR count). The molecule has 0 aliphatic carbocycles. The van der Waals surface area contributed by atoms with Gasteiger partial charge in [-0.1, -0.05) is 24.3 Å². The number of hydrogen-bond acceptors (Lipinski definition) is 6. The minimum atomic E-state index is -3.94. The maximum Gasteiger partial charge on any atom is 0.337 e. The average Bonchev–Trinajstić information content (AvgIpc) is 3.44. The number of para-hydroxylation sites is 1. The summed E-state index contributed by atoms with van der Waals surface area (Å²) in [6, 6.07) is 19.0. The summed E-state index contributed by atoms with van der Waals surface area (Å²) >= 11 is 1.41. The molecule has 0 aliphatic rings. The number of ether oxygens (including phenoxy) is 1. The van der Waals surface area contributed by atoms with Gasteiger partial charge in [0.2, 0.25) is 0 Å². The molecule has 0 fully saturated rings. The van der Waals surface area contributed by atoms with Gasteiger partial charge in [-0.05, 0) is 47.8 Å². The molecular weight excluding hydrogens is 422 g/mol. The monoisotopic (exact) mass is 439 g/mol. The molecule has 0 spiro atoms. The molecule has 30 heavy (non-hydrogen) atoms. The van der Waals surface area contributed by atoms with Crippen LogP contribution in [0.1, 0.15) is 10.4 Å². The van der Waals surface area contributed by atoms with Crippen molar-refractivity contribution in [1.29, 1.82) is 0 Å². The Labute approximate surface area is 177 Å². The van der Waals surface area contributed by atoms with E-state index in [0.717, 1.165) is 10.6 Å². The van der Waals surface area contributed by atoms with Gasteiger partial charge in [-0.25, -0.2) is 17.9 Å². The van der Waals surface area contributed by atoms with Crippen molar-refractivity contribution in [3.05, 3.63) is 83.9 Å². The van der Waals surface area contributed by atoms with Crippen LogP contribution in [0.5, 0.6) is 0 Å². The van der Waals surface area contributed by atoms with Crippen LogP contribution >= 0.6 is 11.3 Å². The Morgan fingerprint density at radius 2 is 1.77 bits per heavy atom. The van der Waals surface area contributed by atoms with Crippen LogP contribution in [0.25, 0.3) is 16.3 Å². The molecule has 152 valence electrons. The average molecular weight is 440 g/mol. The molecule has 0 atom stereocenters. The highest BCUT2D eigenvalue weighted by Gasteiger charge is 2.25. The summed E-state index contributed by atoms with van der Waals surface area (Å²) in [7, 11) is -2.65. The second kappa shape index (κ2) is 8.13. The fourth-order valence-electron chi connectivity index (χ4n) is 2.85. The molecule has 0 unspecified atom stereocenters. The van der Waals surface area contributed by atoms with Gasteiger partial charge in [0.05, 0.1) is 29.4 Å². The summed E-state index contributed by atoms with van der Waals surface area (Å²) in [6.07, 6.45) is 1.50. The Morgan fingerprint density at radius 3 is 2.40 bits per heavy atom. The van der Waals surface area contributed by atoms with E-state index in [0.29, 0.717) is 16.9 Å². The van der Waals surface area contributed by atoms with E-state index >= 15 is 0 Å². The molecule has 2 aromatic heterocycles. The van der Waals surface area contributed by atoms with Gasteiger partial charge >= 0.3 is 5.97 Å². The molecule has 1 N–H and O–H groups in total. The first kappa shape index (κ1) is 19.9. The van der Waals surface area contributed by atoms with Crippen molar-refractivity contribution in [3.63, 3.8) is 0 Å². The van der Waals surface area contributed by atoms with Crippen LogP contribution in [-0.2, 0) is 14.8 Å². The zero-order valence-electron chi connectivity index (χ0n) is 15.8. The fraction of sp³-hybridized carbons (Fsp3) is 0.0476. The Morgan fingerprint density at radius 1 is 1.03 bits per heavy atom. The number of nitrogens with one attached hydrogen (secondary N) is 1. The predicted molar refractivity (Wildman–Crippen MR) is 115 cm³/mol. The molecule has 2 heterocycles. The number of rotatable bonds is 6. The summed E-state index contributed by atoms with van der Waals surface area (Å²) in [5, 5.41) is 6.39. The van der Waals surface area contributed by atoms with Gasteiger partial charge in [0.1, 0.15) is 10.6 Å². The number of carbonyl (C=O) groups excluding carboxylic acids is 1. The molecule has 0 amide bonds. The van der Waals surface area contributed by atoms with E-state index in [1.54, 1.807) is 4.68 Å². The molecule has 2 aromatic carbocycles. The van der Waals surface area contributed by atoms with Crippen LogP contribution in [0, 0.1) is 0 Å². The highest BCUT2D eigenvalue weighted by Crippen LogP contribution is 2.31. The van der Waals surface area contributed by atoms with E-state index in [9.17, 15) is 13.2 Å². The van der Waals surface area contributed by atoms with Gasteiger partial charge in [0.25, 0.3) is 10.0 Å². The van der Waals surface area contributed by atoms with Crippen molar-refractivity contribution in [2.24, 2.45) is 0 Å². The van der Waals surface area contributed by atoms with Crippen molar-refractivity contribution < 1.29 is 17.9 Å². The summed E-state index contributed by atoms with van der Waals surface area (Å²) in [6.45, 7) is 0. The van der Waals surface area contributed by atoms with Crippen LogP contribution in [0.2, 0.25) is 0 Å². The maximum absolute atomic E-state index is 13.2. The third-order valence-corrected chi connectivity index (χ3v) is 6.56. The van der Waals surface area contributed by atoms with Crippen LogP contribution in [-0.4, -0.2) is 31.3 Å². The number of hydrogen-bond donors (Lipinski definition) is 1. The van der Waals surface area contributed by atoms with Crippen molar-refractivity contribution >= 4 is 33.0 Å². The van der Waals surface area contributed by atoms with E-state index in [-0.39, 0.29) is 4.90 Å². The van der Waals surface area contributed by atoms with E-state index in [4.69, 9.17) is 0 Å². The predicted octanol–water partition coefficient (Wildman–Crippen LogP) is 4.19. The first-order chi connectivity index (χ1) is 14.5. The van der Waals surface area contributed by atoms with E-state index in [1.807, 2.05) is 47.8 Å². The van der Waals surface area contributed by atoms with Gasteiger partial charge < -0.3 is 4.74 Å². The lowest BCUT2D eigenvalue weighted by molar-refractivity contribution is 0.0601. The second-order valence-electron chi connectivity index (χ2n) is 6.27. The van der Waals surface area contributed by atoms with Crippen LogP contribution in [0.3, 0.4) is 0 Å². The number of benzene rings is 2. The Kier molecular flexibility index (Phi) is 5.39. The van der Waals surface area contributed by atoms with Crippen molar-refractivity contribution in [3.8, 4) is 16.3 Å². The molecule has 0 aliphatic heterocycles. The van der Waals surface area contributed by atoms with Crippen molar-refractivity contribution in [2.75, 3.05) is 11.8 Å². The summed E-state index contributed by atoms with van der Waals surface area (Å²) in [4.78, 5) is 12.4. The number of anilines is 1. The van der Waals surface area contributed by atoms with E-state index in [2.05, 4.69) is 14.6 Å². The molecule has 0 saturated carbocycles. The highest BCUT2D eigenvalue weighted by atomic mass is 32.2. The number of carbonyl (C=O) groups is 1. The SMILES string of the molecule is COC(=O)c1ccc(NS(=O)(=O)c2cn(-c3ccccc3)nc2-c2cccs2)cc1. The minimum absolute atomic E-state index is 0.0610. The fourth-order valence-corrected chi connectivity index (χ4v) is 4.84. The van der Waals surface area contributed by atoms with Crippen LogP contribution in [0.4, 0.5) is 5.69 Å². The van der Waals surface area contributed by atoms with Crippen molar-refractivity contribution in [2.45, 2.75) is 4.90 Å². The van der Waals surface area contributed by atoms with E-state index in [1.165, 1.54) is 48.9 Å². The number of nitrogens with zero attached hydrogens (tertiary/aromatic N) is 2. The van der Waals surface area contributed by atoms with Gasteiger partial charge in [-0.15, -0.1) is 11.3 Å². The lowest BCUT2D eigenvalue weighted by Crippen LogP contribution is -2.13. The van der Waals surface area contributed by atoms with Crippen LogP contribution in [0.15, 0.2) is 83.2 Å². The molecule has 0 bridgehead atoms. The Bertz CT molecular complexity index is 1260. The number of methoxy groups -OCH3 is 1. The number of thiophene rings is 1. The lowest BCUT2D eigenvalue weighted by Gasteiger charge is -2.08. The third kappa shape index (κ3) is 3.98. The molecule has 9 heteroatoms. The number of esters is 1. The smallest absolute Gasteiger partial charge is 0.337 e. The Balaban J connectivity index is 1.72. The molecule has 0 saturated heterocycles.